The number of benzene rings is 4. The topological polar surface area (TPSA) is 0 Å². The van der Waals surface area contributed by atoms with Crippen molar-refractivity contribution in [3.05, 3.63) is 121 Å². The van der Waals surface area contributed by atoms with Gasteiger partial charge < -0.3 is 24.8 Å². The molecule has 0 aliphatic heterocycles. The van der Waals surface area contributed by atoms with Gasteiger partial charge in [0.15, 0.2) is 0 Å². The molecule has 0 saturated heterocycles. The van der Waals surface area contributed by atoms with Gasteiger partial charge in [-0.1, -0.05) is 60.2 Å². The summed E-state index contributed by atoms with van der Waals surface area (Å²) in [6.07, 6.45) is 0. The molecular weight excluding hydrogens is 534 g/mol. The van der Waals surface area contributed by atoms with Gasteiger partial charge in [0.1, 0.15) is 0 Å². The Hall–Kier alpha value is -2.31. The fourth-order valence-electron chi connectivity index (χ4n) is 3.93. The smallest absolute Gasteiger partial charge is 0.0114 e. The molecule has 170 valence electrons. The molecule has 6 rings (SSSR count). The Bertz CT molecular complexity index is 1430. The number of rotatable bonds is 1. The second-order valence-electron chi connectivity index (χ2n) is 8.02. The second kappa shape index (κ2) is 13.5. The van der Waals surface area contributed by atoms with E-state index >= 15 is 0 Å². The van der Waals surface area contributed by atoms with Crippen LogP contribution in [-0.4, -0.2) is 3.21 Å². The third-order valence-electron chi connectivity index (χ3n) is 5.31. The van der Waals surface area contributed by atoms with Gasteiger partial charge >= 0.3 is 41.3 Å². The van der Waals surface area contributed by atoms with E-state index in [9.17, 15) is 0 Å². The zero-order valence-electron chi connectivity index (χ0n) is 19.3. The Morgan fingerprint density at radius 1 is 0.529 bits per heavy atom. The van der Waals surface area contributed by atoms with Crippen LogP contribution in [0.5, 0.6) is 0 Å². The van der Waals surface area contributed by atoms with Gasteiger partial charge in [0, 0.05) is 0 Å². The van der Waals surface area contributed by atoms with E-state index in [0.29, 0.717) is 0 Å². The molecule has 0 fully saturated rings. The van der Waals surface area contributed by atoms with E-state index in [-0.39, 0.29) is 24.8 Å². The number of halogens is 2. The Balaban J connectivity index is 0.000000229. The van der Waals surface area contributed by atoms with Crippen molar-refractivity contribution in [1.82, 2.24) is 0 Å². The van der Waals surface area contributed by atoms with Crippen LogP contribution in [0.25, 0.3) is 43.4 Å². The minimum atomic E-state index is 0. The van der Waals surface area contributed by atoms with Crippen LogP contribution in [0.2, 0.25) is 0 Å². The summed E-state index contributed by atoms with van der Waals surface area (Å²) in [6, 6.07) is 42.8. The monoisotopic (exact) mass is 558 g/mol. The Morgan fingerprint density at radius 2 is 1.03 bits per heavy atom. The van der Waals surface area contributed by atoms with Crippen molar-refractivity contribution in [3.63, 3.8) is 0 Å². The molecule has 0 bridgehead atoms. The summed E-state index contributed by atoms with van der Waals surface area (Å²) in [5, 5.41) is 7.92. The predicted octanol–water partition coefficient (Wildman–Crippen LogP) is 2.69. The van der Waals surface area contributed by atoms with Gasteiger partial charge in [0.2, 0.25) is 0 Å². The van der Waals surface area contributed by atoms with Gasteiger partial charge in [-0.15, -0.1) is 58.6 Å². The maximum absolute atomic E-state index is 2.21. The second-order valence-corrected chi connectivity index (χ2v) is 10.5. The van der Waals surface area contributed by atoms with Crippen molar-refractivity contribution in [2.45, 2.75) is 13.8 Å². The van der Waals surface area contributed by atoms with Crippen LogP contribution in [0.4, 0.5) is 0 Å². The van der Waals surface area contributed by atoms with Crippen molar-refractivity contribution in [3.8, 4) is 11.1 Å². The molecule has 0 aliphatic carbocycles. The van der Waals surface area contributed by atoms with E-state index in [4.69, 9.17) is 0 Å². The Morgan fingerprint density at radius 3 is 1.76 bits per heavy atom. The van der Waals surface area contributed by atoms with Crippen molar-refractivity contribution in [1.29, 1.82) is 0 Å². The fourth-order valence-corrected chi connectivity index (χ4v) is 3.93. The first-order valence-electron chi connectivity index (χ1n) is 10.9. The number of hydrogen-bond acceptors (Lipinski definition) is 0. The summed E-state index contributed by atoms with van der Waals surface area (Å²) in [4.78, 5) is 0. The van der Waals surface area contributed by atoms with Gasteiger partial charge in [-0.3, -0.25) is 0 Å². The predicted molar refractivity (Wildman–Crippen MR) is 138 cm³/mol. The molecule has 34 heavy (non-hydrogen) atoms. The Labute approximate surface area is 229 Å². The van der Waals surface area contributed by atoms with E-state index in [0.717, 1.165) is 0 Å². The average molecular weight is 561 g/mol. The van der Waals surface area contributed by atoms with Crippen LogP contribution in [0.15, 0.2) is 121 Å². The van der Waals surface area contributed by atoms with Crippen molar-refractivity contribution < 1.29 is 49.0 Å². The van der Waals surface area contributed by atoms with Crippen LogP contribution in [0.1, 0.15) is 13.8 Å². The average Bonchev–Trinajstić information content (AvgIpc) is 3.48. The molecule has 0 unspecified atom stereocenters. The third kappa shape index (κ3) is 6.86. The minimum absolute atomic E-state index is 0. The van der Waals surface area contributed by atoms with Crippen LogP contribution in [0, 0.1) is 0 Å². The largest absolute Gasteiger partial charge is 1.00 e. The van der Waals surface area contributed by atoms with Gasteiger partial charge in [-0.2, -0.15) is 29.7 Å². The summed E-state index contributed by atoms with van der Waals surface area (Å²) >= 11 is 1.55. The Kier molecular flexibility index (Phi) is 11.1. The molecule has 0 atom stereocenters. The zero-order valence-corrected chi connectivity index (χ0v) is 23.3. The molecule has 0 amide bonds. The third-order valence-corrected chi connectivity index (χ3v) is 5.31. The SMILES string of the molecule is C[C](C)=[Zr+2].[Cl-].[Cl-].c1ccc2[cH-]ccc2c1.c1ccc2c(-c3cccc4[cH-]ccc34)cccc2c1. The summed E-state index contributed by atoms with van der Waals surface area (Å²) in [6.45, 7) is 4.25. The molecule has 6 aromatic rings. The van der Waals surface area contributed by atoms with Gasteiger partial charge in [0.25, 0.3) is 0 Å². The summed E-state index contributed by atoms with van der Waals surface area (Å²) in [5.74, 6) is 0. The molecular formula is C31H26Cl2Zr-2. The van der Waals surface area contributed by atoms with Crippen molar-refractivity contribution >= 4 is 35.5 Å². The first-order chi connectivity index (χ1) is 15.6. The maximum atomic E-state index is 2.21. The molecule has 0 N–H and O–H groups in total. The molecule has 3 heteroatoms. The quantitative estimate of drug-likeness (QED) is 0.272. The summed E-state index contributed by atoms with van der Waals surface area (Å²) in [5.41, 5.74) is 2.63. The van der Waals surface area contributed by atoms with Gasteiger partial charge in [-0.05, 0) is 16.3 Å². The molecule has 0 aromatic heterocycles. The minimum Gasteiger partial charge on any atom is -1.00 e. The number of fused-ring (bicyclic) bond motifs is 3. The molecule has 0 nitrogen and oxygen atoms in total. The van der Waals surface area contributed by atoms with Crippen LogP contribution in [0.3, 0.4) is 0 Å². The van der Waals surface area contributed by atoms with E-state index in [1.54, 1.807) is 24.2 Å². The summed E-state index contributed by atoms with van der Waals surface area (Å²) in [7, 11) is 0. The molecule has 0 aliphatic rings. The maximum Gasteiger partial charge on any atom is -0.0114 e. The van der Waals surface area contributed by atoms with Gasteiger partial charge in [0.05, 0.1) is 0 Å². The molecule has 0 radical (unpaired) electrons. The fraction of sp³-hybridized carbons (Fsp3) is 0.0645. The first-order valence-corrected chi connectivity index (χ1v) is 12.1. The van der Waals surface area contributed by atoms with E-state index in [2.05, 4.69) is 135 Å². The normalized spacial score (nSPS) is 9.76. The standard InChI is InChI=1S/C19H13.C9H7.C3H6.2ClH.Zr/c1-2-10-16-14(6-1)8-4-12-18(16)19-13-5-9-15-7-3-11-17(15)19;1-2-5-9-7-3-6-8(9)4-1;1-3-2;;;/h1-13H;1-7H;1-2H3;2*1H;/q2*-1;;;;+2/p-2. The van der Waals surface area contributed by atoms with Crippen LogP contribution < -0.4 is 24.8 Å². The van der Waals surface area contributed by atoms with Crippen molar-refractivity contribution in [2.75, 3.05) is 0 Å². The summed E-state index contributed by atoms with van der Waals surface area (Å²) < 4.78 is 1.51. The molecule has 0 heterocycles. The molecule has 0 spiro atoms. The first kappa shape index (κ1) is 27.9. The van der Waals surface area contributed by atoms with E-state index in [1.165, 1.54) is 46.7 Å². The van der Waals surface area contributed by atoms with Crippen LogP contribution >= 0.6 is 0 Å². The van der Waals surface area contributed by atoms with Gasteiger partial charge in [-0.25, -0.2) is 0 Å². The number of hydrogen-bond donors (Lipinski definition) is 0. The molecule has 6 aromatic carbocycles. The van der Waals surface area contributed by atoms with E-state index < -0.39 is 0 Å². The van der Waals surface area contributed by atoms with E-state index in [1.807, 2.05) is 0 Å². The molecule has 0 saturated carbocycles. The zero-order chi connectivity index (χ0) is 22.3. The van der Waals surface area contributed by atoms with Crippen molar-refractivity contribution in [2.24, 2.45) is 0 Å². The van der Waals surface area contributed by atoms with Crippen LogP contribution in [-0.2, 0) is 24.2 Å².